The molecule has 1 aromatic rings. The third-order valence-corrected chi connectivity index (χ3v) is 10.1. The van der Waals surface area contributed by atoms with Gasteiger partial charge in [0.1, 0.15) is 11.1 Å². The molecule has 1 aliphatic rings. The number of anilines is 1. The van der Waals surface area contributed by atoms with Gasteiger partial charge < -0.3 is 24.6 Å². The smallest absolute Gasteiger partial charge is 0.341 e. The largest absolute Gasteiger partial charge is 0.462 e. The van der Waals surface area contributed by atoms with Crippen molar-refractivity contribution in [2.75, 3.05) is 46.2 Å². The molecule has 0 spiro atoms. The highest BCUT2D eigenvalue weighted by molar-refractivity contribution is 7.16. The summed E-state index contributed by atoms with van der Waals surface area (Å²) in [5, 5.41) is 3.96. The quantitative estimate of drug-likeness (QED) is 0.0783. The first-order valence-electron chi connectivity index (χ1n) is 18.4. The number of hydrogen-bond acceptors (Lipinski definition) is 8. The van der Waals surface area contributed by atoms with Crippen LogP contribution in [-0.2, 0) is 32.0 Å². The third-order valence-electron chi connectivity index (χ3n) is 8.90. The molecule has 0 radical (unpaired) electrons. The van der Waals surface area contributed by atoms with Crippen LogP contribution < -0.4 is 5.32 Å². The van der Waals surface area contributed by atoms with Gasteiger partial charge in [-0.05, 0) is 71.0 Å². The standard InChI is InChI=1S/C37H65N3O5S/c1-6-8-10-12-14-16-21-30(22-17-15-13-11-9-7-2)45-34(42)24-19-18-23-33(41)40-27-25-31-32(29-40)46-36(38-3)35(31)37(43)44-28-20-26-39(4)5/h30,38H,6-29H2,1-5H3. The topological polar surface area (TPSA) is 88.2 Å². The number of rotatable bonds is 26. The van der Waals surface area contributed by atoms with Crippen LogP contribution in [0.15, 0.2) is 0 Å². The Morgan fingerprint density at radius 1 is 0.848 bits per heavy atom. The molecule has 1 N–H and O–H groups in total. The predicted octanol–water partition coefficient (Wildman–Crippen LogP) is 8.76. The minimum atomic E-state index is -0.284. The van der Waals surface area contributed by atoms with Crippen molar-refractivity contribution in [3.8, 4) is 0 Å². The summed E-state index contributed by atoms with van der Waals surface area (Å²) in [6.45, 7) is 6.84. The first-order valence-corrected chi connectivity index (χ1v) is 19.2. The maximum Gasteiger partial charge on any atom is 0.341 e. The van der Waals surface area contributed by atoms with Crippen LogP contribution >= 0.6 is 11.3 Å². The lowest BCUT2D eigenvalue weighted by Crippen LogP contribution is -2.35. The molecule has 0 saturated heterocycles. The second-order valence-electron chi connectivity index (χ2n) is 13.2. The summed E-state index contributed by atoms with van der Waals surface area (Å²) in [7, 11) is 5.82. The first kappa shape index (κ1) is 40.0. The van der Waals surface area contributed by atoms with Gasteiger partial charge in [-0.15, -0.1) is 11.3 Å². The molecule has 0 atom stereocenters. The van der Waals surface area contributed by atoms with Crippen LogP contribution in [0.1, 0.15) is 157 Å². The van der Waals surface area contributed by atoms with Gasteiger partial charge in [-0.2, -0.15) is 0 Å². The third kappa shape index (κ3) is 15.6. The number of unbranched alkanes of at least 4 members (excludes halogenated alkanes) is 11. The van der Waals surface area contributed by atoms with Crippen molar-refractivity contribution in [2.45, 2.75) is 155 Å². The van der Waals surface area contributed by atoms with Crippen molar-refractivity contribution in [3.63, 3.8) is 0 Å². The number of ether oxygens (including phenoxy) is 2. The van der Waals surface area contributed by atoms with Crippen LogP contribution in [0.25, 0.3) is 0 Å². The summed E-state index contributed by atoms with van der Waals surface area (Å²) < 4.78 is 11.6. The Labute approximate surface area is 284 Å². The van der Waals surface area contributed by atoms with Gasteiger partial charge in [-0.25, -0.2) is 4.79 Å². The van der Waals surface area contributed by atoms with E-state index in [-0.39, 0.29) is 23.9 Å². The van der Waals surface area contributed by atoms with E-state index in [1.54, 1.807) is 0 Å². The van der Waals surface area contributed by atoms with Crippen LogP contribution in [0.2, 0.25) is 0 Å². The molecule has 1 aromatic heterocycles. The lowest BCUT2D eigenvalue weighted by Gasteiger charge is -2.27. The molecule has 1 amide bonds. The number of nitrogens with zero attached hydrogens (tertiary/aromatic N) is 2. The minimum Gasteiger partial charge on any atom is -0.462 e. The summed E-state index contributed by atoms with van der Waals surface area (Å²) in [5.74, 6) is -0.292. The zero-order valence-electron chi connectivity index (χ0n) is 29.9. The van der Waals surface area contributed by atoms with Crippen molar-refractivity contribution in [3.05, 3.63) is 16.0 Å². The molecule has 0 saturated carbocycles. The van der Waals surface area contributed by atoms with E-state index in [0.29, 0.717) is 57.4 Å². The van der Waals surface area contributed by atoms with Gasteiger partial charge in [0.25, 0.3) is 0 Å². The zero-order chi connectivity index (χ0) is 33.6. The van der Waals surface area contributed by atoms with Crippen LogP contribution in [-0.4, -0.2) is 74.6 Å². The molecule has 8 nitrogen and oxygen atoms in total. The number of carbonyl (C=O) groups is 3. The number of carbonyl (C=O) groups excluding carboxylic acids is 3. The second kappa shape index (κ2) is 24.1. The molecule has 2 heterocycles. The van der Waals surface area contributed by atoms with E-state index in [1.807, 2.05) is 26.0 Å². The average Bonchev–Trinajstić information content (AvgIpc) is 3.42. The molecule has 0 aliphatic carbocycles. The fourth-order valence-corrected chi connectivity index (χ4v) is 7.35. The summed E-state index contributed by atoms with van der Waals surface area (Å²) in [4.78, 5) is 43.8. The van der Waals surface area contributed by atoms with Crippen molar-refractivity contribution in [1.29, 1.82) is 0 Å². The van der Waals surface area contributed by atoms with Gasteiger partial charge in [0.2, 0.25) is 5.91 Å². The highest BCUT2D eigenvalue weighted by Crippen LogP contribution is 2.37. The normalized spacial score (nSPS) is 12.9. The van der Waals surface area contributed by atoms with Gasteiger partial charge in [0.05, 0.1) is 18.7 Å². The van der Waals surface area contributed by atoms with E-state index < -0.39 is 0 Å². The second-order valence-corrected chi connectivity index (χ2v) is 14.4. The van der Waals surface area contributed by atoms with Crippen LogP contribution in [0.5, 0.6) is 0 Å². The summed E-state index contributed by atoms with van der Waals surface area (Å²) in [6.07, 6.45) is 20.5. The van der Waals surface area contributed by atoms with Crippen molar-refractivity contribution >= 4 is 34.2 Å². The molecule has 0 bridgehead atoms. The molecule has 0 fully saturated rings. The Morgan fingerprint density at radius 3 is 2.07 bits per heavy atom. The molecule has 2 rings (SSSR count). The summed E-state index contributed by atoms with van der Waals surface area (Å²) in [6, 6.07) is 0. The van der Waals surface area contributed by atoms with Crippen LogP contribution in [0.3, 0.4) is 0 Å². The Balaban J connectivity index is 1.76. The fourth-order valence-electron chi connectivity index (χ4n) is 6.14. The maximum atomic E-state index is 13.1. The van der Waals surface area contributed by atoms with Crippen LogP contribution in [0.4, 0.5) is 5.00 Å². The first-order chi connectivity index (χ1) is 22.3. The van der Waals surface area contributed by atoms with Gasteiger partial charge in [0.15, 0.2) is 0 Å². The van der Waals surface area contributed by atoms with E-state index >= 15 is 0 Å². The van der Waals surface area contributed by atoms with Crippen molar-refractivity contribution in [1.82, 2.24) is 9.80 Å². The summed E-state index contributed by atoms with van der Waals surface area (Å²) in [5.41, 5.74) is 1.64. The number of fused-ring (bicyclic) bond motifs is 1. The van der Waals surface area contributed by atoms with Gasteiger partial charge in [-0.3, -0.25) is 9.59 Å². The highest BCUT2D eigenvalue weighted by atomic mass is 32.1. The number of esters is 2. The lowest BCUT2D eigenvalue weighted by molar-refractivity contribution is -0.150. The highest BCUT2D eigenvalue weighted by Gasteiger charge is 2.30. The Hall–Kier alpha value is -2.13. The van der Waals surface area contributed by atoms with E-state index in [4.69, 9.17) is 9.47 Å². The van der Waals surface area contributed by atoms with Crippen molar-refractivity contribution in [2.24, 2.45) is 0 Å². The molecule has 46 heavy (non-hydrogen) atoms. The van der Waals surface area contributed by atoms with E-state index in [2.05, 4.69) is 24.1 Å². The minimum absolute atomic E-state index is 0.0301. The predicted molar refractivity (Wildman–Crippen MR) is 191 cm³/mol. The molecular formula is C37H65N3O5S. The number of nitrogens with one attached hydrogen (secondary N) is 1. The van der Waals surface area contributed by atoms with Gasteiger partial charge >= 0.3 is 11.9 Å². The fraction of sp³-hybridized carbons (Fsp3) is 0.811. The van der Waals surface area contributed by atoms with E-state index in [9.17, 15) is 14.4 Å². The monoisotopic (exact) mass is 663 g/mol. The molecule has 1 aliphatic heterocycles. The Bertz CT molecular complexity index is 995. The van der Waals surface area contributed by atoms with Gasteiger partial charge in [0, 0.05) is 37.9 Å². The zero-order valence-corrected chi connectivity index (χ0v) is 30.7. The van der Waals surface area contributed by atoms with Crippen LogP contribution in [0, 0.1) is 0 Å². The SMILES string of the molecule is CCCCCCCCC(CCCCCCCC)OC(=O)CCCCC(=O)N1CCc2c(sc(NC)c2C(=O)OCCCN(C)C)C1. The van der Waals surface area contributed by atoms with Crippen molar-refractivity contribution < 1.29 is 23.9 Å². The average molecular weight is 664 g/mol. The summed E-state index contributed by atoms with van der Waals surface area (Å²) >= 11 is 1.54. The number of hydrogen-bond donors (Lipinski definition) is 1. The molecule has 0 aromatic carbocycles. The van der Waals surface area contributed by atoms with E-state index in [0.717, 1.165) is 54.1 Å². The Morgan fingerprint density at radius 2 is 1.46 bits per heavy atom. The lowest BCUT2D eigenvalue weighted by atomic mass is 10.0. The van der Waals surface area contributed by atoms with E-state index in [1.165, 1.54) is 75.5 Å². The number of amides is 1. The molecular weight excluding hydrogens is 598 g/mol. The Kier molecular flexibility index (Phi) is 21.0. The molecule has 0 unspecified atom stereocenters. The maximum absolute atomic E-state index is 13.1. The van der Waals surface area contributed by atoms with Gasteiger partial charge in [-0.1, -0.05) is 78.1 Å². The molecule has 9 heteroatoms. The molecule has 264 valence electrons. The number of thiophene rings is 1.